The molecule has 2 N–H and O–H groups in total. The summed E-state index contributed by atoms with van der Waals surface area (Å²) in [4.78, 5) is 51.8. The Kier molecular flexibility index (Phi) is 5.41. The Labute approximate surface area is 159 Å². The zero-order valence-electron chi connectivity index (χ0n) is 15.1. The Morgan fingerprint density at radius 3 is 2.70 bits per heavy atom. The molecule has 27 heavy (non-hydrogen) atoms. The van der Waals surface area contributed by atoms with Crippen molar-refractivity contribution in [3.8, 4) is 0 Å². The van der Waals surface area contributed by atoms with Crippen LogP contribution in [0.4, 0.5) is 0 Å². The van der Waals surface area contributed by atoms with Crippen LogP contribution in [0.25, 0.3) is 10.9 Å². The number of aromatic amines is 2. The smallest absolute Gasteiger partial charge is 0.258 e. The molecule has 0 saturated heterocycles. The maximum atomic E-state index is 12.6. The van der Waals surface area contributed by atoms with E-state index in [0.717, 1.165) is 0 Å². The Morgan fingerprint density at radius 1 is 1.22 bits per heavy atom. The molecule has 140 valence electrons. The molecular weight excluding hydrogens is 366 g/mol. The summed E-state index contributed by atoms with van der Waals surface area (Å²) in [6, 6.07) is 8.44. The summed E-state index contributed by atoms with van der Waals surface area (Å²) in [6.07, 6.45) is 0. The number of amides is 1. The third kappa shape index (κ3) is 4.43. The number of H-pyrrole nitrogens is 2. The maximum Gasteiger partial charge on any atom is 0.258 e. The third-order valence-electron chi connectivity index (χ3n) is 3.91. The minimum Gasteiger partial charge on any atom is -0.337 e. The first-order chi connectivity index (χ1) is 12.8. The van der Waals surface area contributed by atoms with E-state index in [0.29, 0.717) is 27.6 Å². The first-order valence-corrected chi connectivity index (χ1v) is 9.19. The molecule has 0 fully saturated rings. The van der Waals surface area contributed by atoms with Gasteiger partial charge in [0.25, 0.3) is 11.1 Å². The van der Waals surface area contributed by atoms with Gasteiger partial charge in [-0.15, -0.1) is 0 Å². The van der Waals surface area contributed by atoms with Crippen molar-refractivity contribution in [1.82, 2.24) is 24.8 Å². The number of carbonyl (C=O) groups excluding carboxylic acids is 1. The largest absolute Gasteiger partial charge is 0.337 e. The monoisotopic (exact) mass is 385 g/mol. The van der Waals surface area contributed by atoms with Gasteiger partial charge in [-0.25, -0.2) is 9.97 Å². The molecule has 2 aromatic heterocycles. The van der Waals surface area contributed by atoms with Gasteiger partial charge in [-0.2, -0.15) is 0 Å². The molecule has 3 rings (SSSR count). The number of carbonyl (C=O) groups is 1. The van der Waals surface area contributed by atoms with Crippen molar-refractivity contribution in [2.24, 2.45) is 0 Å². The summed E-state index contributed by atoms with van der Waals surface area (Å²) in [5, 5.41) is 0.437. The maximum absolute atomic E-state index is 12.6. The lowest BCUT2D eigenvalue weighted by atomic mass is 10.2. The lowest BCUT2D eigenvalue weighted by Crippen LogP contribution is -2.34. The fraction of sp³-hybridized carbons (Fsp3) is 0.278. The van der Waals surface area contributed by atoms with Crippen LogP contribution in [-0.4, -0.2) is 43.0 Å². The molecule has 9 heteroatoms. The molecule has 0 aliphatic rings. The van der Waals surface area contributed by atoms with Crippen molar-refractivity contribution in [3.05, 3.63) is 62.6 Å². The van der Waals surface area contributed by atoms with Crippen molar-refractivity contribution in [2.45, 2.75) is 30.8 Å². The minimum absolute atomic E-state index is 0.167. The van der Waals surface area contributed by atoms with Crippen LogP contribution in [0.15, 0.2) is 45.1 Å². The summed E-state index contributed by atoms with van der Waals surface area (Å²) >= 11 is 1.17. The average molecular weight is 385 g/mol. The predicted octanol–water partition coefficient (Wildman–Crippen LogP) is 1.45. The van der Waals surface area contributed by atoms with E-state index >= 15 is 0 Å². The molecule has 1 aromatic carbocycles. The van der Waals surface area contributed by atoms with E-state index in [1.807, 2.05) is 6.07 Å². The van der Waals surface area contributed by atoms with Gasteiger partial charge in [0.1, 0.15) is 5.82 Å². The van der Waals surface area contributed by atoms with Crippen LogP contribution >= 0.6 is 11.8 Å². The molecule has 1 amide bonds. The second-order valence-electron chi connectivity index (χ2n) is 6.18. The van der Waals surface area contributed by atoms with E-state index in [9.17, 15) is 14.4 Å². The fourth-order valence-electron chi connectivity index (χ4n) is 2.65. The van der Waals surface area contributed by atoms with E-state index in [-0.39, 0.29) is 23.6 Å². The molecule has 0 spiro atoms. The number of fused-ring (bicyclic) bond motifs is 1. The van der Waals surface area contributed by atoms with Gasteiger partial charge in [0.2, 0.25) is 5.91 Å². The van der Waals surface area contributed by atoms with Gasteiger partial charge in [-0.1, -0.05) is 23.9 Å². The molecular formula is C18H19N5O3S. The topological polar surface area (TPSA) is 112 Å². The number of aromatic nitrogens is 4. The summed E-state index contributed by atoms with van der Waals surface area (Å²) in [6.45, 7) is 3.63. The molecule has 0 bridgehead atoms. The molecule has 0 unspecified atom stereocenters. The average Bonchev–Trinajstić information content (AvgIpc) is 2.60. The van der Waals surface area contributed by atoms with Gasteiger partial charge in [0, 0.05) is 18.8 Å². The summed E-state index contributed by atoms with van der Waals surface area (Å²) in [7, 11) is 1.64. The van der Waals surface area contributed by atoms with Crippen LogP contribution in [0.3, 0.4) is 0 Å². The van der Waals surface area contributed by atoms with E-state index in [2.05, 4.69) is 19.9 Å². The number of rotatable bonds is 5. The highest BCUT2D eigenvalue weighted by Gasteiger charge is 2.21. The SMILES string of the molecule is Cc1cc(=O)[nH]c(S[C@@H](C)C(=O)N(C)Cc2nc3ccccc3c(=O)[nH]2)n1. The first kappa shape index (κ1) is 18.8. The molecule has 0 radical (unpaired) electrons. The highest BCUT2D eigenvalue weighted by atomic mass is 32.2. The van der Waals surface area contributed by atoms with Crippen LogP contribution in [0.2, 0.25) is 0 Å². The third-order valence-corrected chi connectivity index (χ3v) is 4.88. The lowest BCUT2D eigenvalue weighted by molar-refractivity contribution is -0.129. The molecule has 8 nitrogen and oxygen atoms in total. The minimum atomic E-state index is -0.466. The van der Waals surface area contributed by atoms with Crippen molar-refractivity contribution in [3.63, 3.8) is 0 Å². The number of thioether (sulfide) groups is 1. The molecule has 2 heterocycles. The van der Waals surface area contributed by atoms with Gasteiger partial charge in [-0.3, -0.25) is 14.4 Å². The summed E-state index contributed by atoms with van der Waals surface area (Å²) in [5.74, 6) is 0.244. The van der Waals surface area contributed by atoms with Crippen molar-refractivity contribution in [2.75, 3.05) is 7.05 Å². The molecule has 3 aromatic rings. The lowest BCUT2D eigenvalue weighted by Gasteiger charge is -2.20. The normalized spacial score (nSPS) is 12.1. The first-order valence-electron chi connectivity index (χ1n) is 8.31. The number of benzene rings is 1. The van der Waals surface area contributed by atoms with Crippen LogP contribution in [0, 0.1) is 6.92 Å². The number of nitrogens with one attached hydrogen (secondary N) is 2. The Balaban J connectivity index is 1.73. The number of aryl methyl sites for hydroxylation is 1. The number of hydrogen-bond acceptors (Lipinski definition) is 6. The van der Waals surface area contributed by atoms with E-state index in [1.165, 1.54) is 22.7 Å². The quantitative estimate of drug-likeness (QED) is 0.508. The van der Waals surface area contributed by atoms with E-state index in [4.69, 9.17) is 0 Å². The molecule has 0 aliphatic heterocycles. The zero-order valence-corrected chi connectivity index (χ0v) is 16.0. The second kappa shape index (κ2) is 7.75. The molecule has 0 saturated carbocycles. The fourth-order valence-corrected chi connectivity index (χ4v) is 3.62. The highest BCUT2D eigenvalue weighted by molar-refractivity contribution is 8.00. The van der Waals surface area contributed by atoms with Crippen molar-refractivity contribution >= 4 is 28.6 Å². The zero-order chi connectivity index (χ0) is 19.6. The van der Waals surface area contributed by atoms with Gasteiger partial charge in [0.05, 0.1) is 22.7 Å². The van der Waals surface area contributed by atoms with Gasteiger partial charge in [-0.05, 0) is 26.0 Å². The second-order valence-corrected chi connectivity index (χ2v) is 7.51. The van der Waals surface area contributed by atoms with Crippen molar-refractivity contribution < 1.29 is 4.79 Å². The molecule has 1 atom stereocenters. The van der Waals surface area contributed by atoms with Crippen LogP contribution in [0.5, 0.6) is 0 Å². The Hall–Kier alpha value is -2.94. The predicted molar refractivity (Wildman–Crippen MR) is 104 cm³/mol. The van der Waals surface area contributed by atoms with E-state index < -0.39 is 5.25 Å². The summed E-state index contributed by atoms with van der Waals surface area (Å²) < 4.78 is 0. The number of hydrogen-bond donors (Lipinski definition) is 2. The Morgan fingerprint density at radius 2 is 1.96 bits per heavy atom. The standard InChI is InChI=1S/C18H19N5O3S/c1-10-8-15(24)22-18(19-10)27-11(2)17(26)23(3)9-14-20-13-7-5-4-6-12(13)16(25)21-14/h4-8,11H,9H2,1-3H3,(H,19,22,24)(H,20,21,25)/t11-/m0/s1. The van der Waals surface area contributed by atoms with Crippen molar-refractivity contribution in [1.29, 1.82) is 0 Å². The summed E-state index contributed by atoms with van der Waals surface area (Å²) in [5.41, 5.74) is 0.685. The van der Waals surface area contributed by atoms with Crippen LogP contribution in [0.1, 0.15) is 18.4 Å². The number of para-hydroxylation sites is 1. The van der Waals surface area contributed by atoms with Gasteiger partial charge < -0.3 is 14.9 Å². The molecule has 0 aliphatic carbocycles. The van der Waals surface area contributed by atoms with Gasteiger partial charge in [0.15, 0.2) is 5.16 Å². The van der Waals surface area contributed by atoms with Crippen LogP contribution in [-0.2, 0) is 11.3 Å². The Bertz CT molecular complexity index is 1110. The van der Waals surface area contributed by atoms with E-state index in [1.54, 1.807) is 39.1 Å². The van der Waals surface area contributed by atoms with Gasteiger partial charge >= 0.3 is 0 Å². The van der Waals surface area contributed by atoms with Crippen LogP contribution < -0.4 is 11.1 Å². The number of nitrogens with zero attached hydrogens (tertiary/aromatic N) is 3. The highest BCUT2D eigenvalue weighted by Crippen LogP contribution is 2.20.